The summed E-state index contributed by atoms with van der Waals surface area (Å²) < 4.78 is 26.2. The summed E-state index contributed by atoms with van der Waals surface area (Å²) in [4.78, 5) is 18.7. The minimum atomic E-state index is -1.31. The van der Waals surface area contributed by atoms with Crippen LogP contribution in [0.1, 0.15) is 29.1 Å². The number of aromatic amines is 1. The first kappa shape index (κ1) is 12.1. The zero-order chi connectivity index (χ0) is 13.1. The lowest BCUT2D eigenvalue weighted by Gasteiger charge is -2.11. The molecule has 2 N–H and O–H groups in total. The lowest BCUT2D eigenvalue weighted by Crippen LogP contribution is -2.28. The highest BCUT2D eigenvalue weighted by Gasteiger charge is 2.19. The van der Waals surface area contributed by atoms with E-state index in [1.165, 1.54) is 6.33 Å². The maximum Gasteiger partial charge on any atom is 0.255 e. The molecule has 0 saturated carbocycles. The van der Waals surface area contributed by atoms with Crippen LogP contribution in [-0.2, 0) is 0 Å². The van der Waals surface area contributed by atoms with Gasteiger partial charge in [-0.05, 0) is 13.0 Å². The molecule has 2 heterocycles. The summed E-state index contributed by atoms with van der Waals surface area (Å²) in [6.45, 7) is 1.63. The Morgan fingerprint density at radius 2 is 2.22 bits per heavy atom. The third-order valence-corrected chi connectivity index (χ3v) is 2.28. The van der Waals surface area contributed by atoms with Crippen molar-refractivity contribution in [1.29, 1.82) is 0 Å². The van der Waals surface area contributed by atoms with E-state index in [1.807, 2.05) is 0 Å². The number of hydrogen-bond donors (Lipinski definition) is 2. The quantitative estimate of drug-likeness (QED) is 0.798. The molecule has 94 valence electrons. The van der Waals surface area contributed by atoms with Gasteiger partial charge >= 0.3 is 0 Å². The van der Waals surface area contributed by atoms with Gasteiger partial charge in [-0.25, -0.2) is 14.4 Å². The van der Waals surface area contributed by atoms with Crippen molar-refractivity contribution in [3.63, 3.8) is 0 Å². The molecule has 2 rings (SSSR count). The summed E-state index contributed by atoms with van der Waals surface area (Å²) in [5.41, 5.74) is -0.408. The highest BCUT2D eigenvalue weighted by atomic mass is 19.2. The number of nitrogens with one attached hydrogen (secondary N) is 2. The zero-order valence-electron chi connectivity index (χ0n) is 9.32. The fourth-order valence-corrected chi connectivity index (χ4v) is 1.36. The fraction of sp³-hybridized carbons (Fsp3) is 0.200. The van der Waals surface area contributed by atoms with Gasteiger partial charge < -0.3 is 5.32 Å². The molecule has 0 spiro atoms. The molecule has 1 amide bonds. The van der Waals surface area contributed by atoms with Gasteiger partial charge in [0.15, 0.2) is 5.82 Å². The Kier molecular flexibility index (Phi) is 3.26. The molecule has 18 heavy (non-hydrogen) atoms. The summed E-state index contributed by atoms with van der Waals surface area (Å²) in [7, 11) is 0. The van der Waals surface area contributed by atoms with Crippen LogP contribution in [0.5, 0.6) is 0 Å². The first-order valence-electron chi connectivity index (χ1n) is 5.05. The van der Waals surface area contributed by atoms with Gasteiger partial charge in [-0.15, -0.1) is 0 Å². The second-order valence-corrected chi connectivity index (χ2v) is 3.53. The number of nitrogens with zero attached hydrogens (tertiary/aromatic N) is 3. The van der Waals surface area contributed by atoms with Crippen LogP contribution in [0.3, 0.4) is 0 Å². The molecular formula is C10H9F2N5O. The molecule has 2 aromatic rings. The first-order valence-corrected chi connectivity index (χ1v) is 5.05. The maximum absolute atomic E-state index is 13.3. The predicted octanol–water partition coefficient (Wildman–Crippen LogP) is 0.969. The van der Waals surface area contributed by atoms with E-state index in [9.17, 15) is 13.6 Å². The average Bonchev–Trinajstić information content (AvgIpc) is 2.86. The molecule has 0 fully saturated rings. The Labute approximate surface area is 100 Å². The van der Waals surface area contributed by atoms with Crippen LogP contribution < -0.4 is 5.32 Å². The Morgan fingerprint density at radius 3 is 2.89 bits per heavy atom. The topological polar surface area (TPSA) is 83.6 Å². The SMILES string of the molecule is CC(NC(=O)c1ccnc(F)c1F)c1ncn[nH]1. The molecule has 0 aliphatic carbocycles. The smallest absolute Gasteiger partial charge is 0.255 e. The normalized spacial score (nSPS) is 12.2. The van der Waals surface area contributed by atoms with Crippen molar-refractivity contribution in [1.82, 2.24) is 25.5 Å². The highest BCUT2D eigenvalue weighted by Crippen LogP contribution is 2.11. The van der Waals surface area contributed by atoms with Gasteiger partial charge in [-0.3, -0.25) is 9.89 Å². The third-order valence-electron chi connectivity index (χ3n) is 2.28. The monoisotopic (exact) mass is 253 g/mol. The zero-order valence-corrected chi connectivity index (χ0v) is 9.32. The summed E-state index contributed by atoms with van der Waals surface area (Å²) in [5, 5.41) is 8.65. The minimum Gasteiger partial charge on any atom is -0.342 e. The van der Waals surface area contributed by atoms with E-state index < -0.39 is 29.3 Å². The Balaban J connectivity index is 2.15. The molecule has 0 aliphatic heterocycles. The largest absolute Gasteiger partial charge is 0.342 e. The summed E-state index contributed by atoms with van der Waals surface area (Å²) in [6, 6.07) is 0.594. The van der Waals surface area contributed by atoms with Crippen LogP contribution in [0.25, 0.3) is 0 Å². The number of hydrogen-bond acceptors (Lipinski definition) is 4. The van der Waals surface area contributed by atoms with E-state index in [0.29, 0.717) is 5.82 Å². The van der Waals surface area contributed by atoms with Crippen LogP contribution in [0.4, 0.5) is 8.78 Å². The van der Waals surface area contributed by atoms with Crippen molar-refractivity contribution >= 4 is 5.91 Å². The van der Waals surface area contributed by atoms with Crippen LogP contribution >= 0.6 is 0 Å². The Morgan fingerprint density at radius 1 is 1.44 bits per heavy atom. The Bertz CT molecular complexity index is 557. The van der Waals surface area contributed by atoms with Crippen LogP contribution in [0.2, 0.25) is 0 Å². The van der Waals surface area contributed by atoms with E-state index in [-0.39, 0.29) is 0 Å². The third kappa shape index (κ3) is 2.31. The van der Waals surface area contributed by atoms with E-state index in [1.54, 1.807) is 6.92 Å². The second kappa shape index (κ2) is 4.86. The van der Waals surface area contributed by atoms with Crippen LogP contribution in [0.15, 0.2) is 18.6 Å². The number of aromatic nitrogens is 4. The molecule has 8 heteroatoms. The van der Waals surface area contributed by atoms with Gasteiger partial charge in [0.1, 0.15) is 12.2 Å². The van der Waals surface area contributed by atoms with Crippen molar-refractivity contribution in [3.8, 4) is 0 Å². The van der Waals surface area contributed by atoms with Crippen molar-refractivity contribution in [2.45, 2.75) is 13.0 Å². The van der Waals surface area contributed by atoms with E-state index in [2.05, 4.69) is 25.5 Å². The summed E-state index contributed by atoms with van der Waals surface area (Å²) in [5.74, 6) is -2.93. The molecule has 1 unspecified atom stereocenters. The molecular weight excluding hydrogens is 244 g/mol. The summed E-state index contributed by atoms with van der Waals surface area (Å²) in [6.07, 6.45) is 2.30. The second-order valence-electron chi connectivity index (χ2n) is 3.53. The summed E-state index contributed by atoms with van der Waals surface area (Å²) >= 11 is 0. The molecule has 6 nitrogen and oxygen atoms in total. The minimum absolute atomic E-state index is 0.408. The van der Waals surface area contributed by atoms with Gasteiger partial charge in [0.2, 0.25) is 5.95 Å². The van der Waals surface area contributed by atoms with Gasteiger partial charge in [0, 0.05) is 6.20 Å². The number of halogens is 2. The number of pyridine rings is 1. The molecule has 0 radical (unpaired) electrons. The molecule has 0 saturated heterocycles. The highest BCUT2D eigenvalue weighted by molar-refractivity contribution is 5.94. The van der Waals surface area contributed by atoms with E-state index in [4.69, 9.17) is 0 Å². The number of carbonyl (C=O) groups excluding carboxylic acids is 1. The lowest BCUT2D eigenvalue weighted by atomic mass is 10.2. The van der Waals surface area contributed by atoms with Crippen molar-refractivity contribution < 1.29 is 13.6 Å². The predicted molar refractivity (Wildman–Crippen MR) is 56.4 cm³/mol. The number of carbonyl (C=O) groups is 1. The van der Waals surface area contributed by atoms with Gasteiger partial charge in [-0.2, -0.15) is 9.49 Å². The molecule has 1 atom stereocenters. The molecule has 0 aliphatic rings. The number of rotatable bonds is 3. The average molecular weight is 253 g/mol. The standard InChI is InChI=1S/C10H9F2N5O/c1-5(9-14-4-15-17-9)16-10(18)6-2-3-13-8(12)7(6)11/h2-5H,1H3,(H,16,18)(H,14,15,17). The number of amides is 1. The van der Waals surface area contributed by atoms with Crippen molar-refractivity contribution in [2.24, 2.45) is 0 Å². The molecule has 2 aromatic heterocycles. The Hall–Kier alpha value is -2.38. The molecule has 0 bridgehead atoms. The number of H-pyrrole nitrogens is 1. The van der Waals surface area contributed by atoms with Crippen LogP contribution in [0, 0.1) is 11.8 Å². The van der Waals surface area contributed by atoms with E-state index >= 15 is 0 Å². The van der Waals surface area contributed by atoms with Crippen molar-refractivity contribution in [2.75, 3.05) is 0 Å². The van der Waals surface area contributed by atoms with Gasteiger partial charge in [-0.1, -0.05) is 0 Å². The first-order chi connectivity index (χ1) is 8.59. The van der Waals surface area contributed by atoms with Crippen LogP contribution in [-0.4, -0.2) is 26.1 Å². The van der Waals surface area contributed by atoms with Gasteiger partial charge in [0.25, 0.3) is 5.91 Å². The van der Waals surface area contributed by atoms with Gasteiger partial charge in [0.05, 0.1) is 11.6 Å². The maximum atomic E-state index is 13.3. The lowest BCUT2D eigenvalue weighted by molar-refractivity contribution is 0.0933. The fourth-order valence-electron chi connectivity index (χ4n) is 1.36. The molecule has 0 aromatic carbocycles. The van der Waals surface area contributed by atoms with Crippen molar-refractivity contribution in [3.05, 3.63) is 41.7 Å². The van der Waals surface area contributed by atoms with E-state index in [0.717, 1.165) is 12.3 Å².